The van der Waals surface area contributed by atoms with E-state index in [9.17, 15) is 4.79 Å². The van der Waals surface area contributed by atoms with Gasteiger partial charge < -0.3 is 24.5 Å². The number of ether oxygens (including phenoxy) is 2. The maximum atomic E-state index is 12.2. The van der Waals surface area contributed by atoms with Crippen molar-refractivity contribution in [1.29, 1.82) is 0 Å². The van der Waals surface area contributed by atoms with Crippen LogP contribution in [0.3, 0.4) is 0 Å². The predicted octanol–water partition coefficient (Wildman–Crippen LogP) is 2.72. The fourth-order valence-electron chi connectivity index (χ4n) is 2.28. The van der Waals surface area contributed by atoms with Gasteiger partial charge in [0.2, 0.25) is 0 Å². The molecule has 0 aliphatic carbocycles. The summed E-state index contributed by atoms with van der Waals surface area (Å²) in [6.45, 7) is 0.408. The lowest BCUT2D eigenvalue weighted by molar-refractivity contribution is 0.233. The van der Waals surface area contributed by atoms with E-state index in [2.05, 4.69) is 10.6 Å². The summed E-state index contributed by atoms with van der Waals surface area (Å²) in [7, 11) is 6.97. The number of amides is 2. The molecule has 1 unspecified atom stereocenters. The Balaban J connectivity index is 1.98. The highest BCUT2D eigenvalue weighted by Crippen LogP contribution is 2.28. The fourth-order valence-corrected chi connectivity index (χ4v) is 2.28. The molecule has 0 spiro atoms. The topological polar surface area (TPSA) is 76.0 Å². The molecule has 0 bridgehead atoms. The summed E-state index contributed by atoms with van der Waals surface area (Å²) in [5.74, 6) is 1.98. The Morgan fingerprint density at radius 3 is 2.62 bits per heavy atom. The molecule has 0 aliphatic rings. The van der Waals surface area contributed by atoms with Crippen molar-refractivity contribution in [2.75, 3.05) is 40.2 Å². The second kappa shape index (κ2) is 8.26. The van der Waals surface area contributed by atoms with Crippen molar-refractivity contribution in [1.82, 2.24) is 10.2 Å². The molecule has 7 nitrogen and oxygen atoms in total. The molecule has 2 rings (SSSR count). The third-order valence-corrected chi connectivity index (χ3v) is 3.61. The second-order valence-electron chi connectivity index (χ2n) is 5.40. The molecule has 2 amide bonds. The number of methoxy groups -OCH3 is 2. The number of carbonyl (C=O) groups is 1. The van der Waals surface area contributed by atoms with Crippen molar-refractivity contribution in [3.8, 4) is 11.5 Å². The standard InChI is InChI=1S/C17H23N3O4/c1-20(2)14(15-6-5-9-24-15)11-18-17(21)19-13-8-7-12(22-3)10-16(13)23-4/h5-10,14H,11H2,1-4H3,(H2,18,19,21). The van der Waals surface area contributed by atoms with Crippen LogP contribution < -0.4 is 20.1 Å². The van der Waals surface area contributed by atoms with Gasteiger partial charge in [-0.3, -0.25) is 4.90 Å². The quantitative estimate of drug-likeness (QED) is 0.815. The van der Waals surface area contributed by atoms with Crippen LogP contribution in [0.1, 0.15) is 11.8 Å². The van der Waals surface area contributed by atoms with Crippen LogP contribution in [0, 0.1) is 0 Å². The molecule has 2 N–H and O–H groups in total. The largest absolute Gasteiger partial charge is 0.497 e. The Morgan fingerprint density at radius 2 is 2.04 bits per heavy atom. The molecule has 0 saturated carbocycles. The van der Waals surface area contributed by atoms with Crippen LogP contribution in [0.15, 0.2) is 41.0 Å². The zero-order chi connectivity index (χ0) is 17.5. The first-order chi connectivity index (χ1) is 11.5. The second-order valence-corrected chi connectivity index (χ2v) is 5.40. The van der Waals surface area contributed by atoms with Crippen molar-refractivity contribution in [2.24, 2.45) is 0 Å². The van der Waals surface area contributed by atoms with Crippen LogP contribution in [0.5, 0.6) is 11.5 Å². The third-order valence-electron chi connectivity index (χ3n) is 3.61. The number of nitrogens with one attached hydrogen (secondary N) is 2. The van der Waals surface area contributed by atoms with E-state index in [4.69, 9.17) is 13.9 Å². The normalized spacial score (nSPS) is 11.9. The highest BCUT2D eigenvalue weighted by Gasteiger charge is 2.18. The molecule has 1 heterocycles. The molecular weight excluding hydrogens is 310 g/mol. The number of furan rings is 1. The minimum Gasteiger partial charge on any atom is -0.497 e. The number of urea groups is 1. The van der Waals surface area contributed by atoms with Crippen molar-refractivity contribution in [2.45, 2.75) is 6.04 Å². The number of likely N-dealkylation sites (N-methyl/N-ethyl adjacent to an activating group) is 1. The number of benzene rings is 1. The number of hydrogen-bond acceptors (Lipinski definition) is 5. The van der Waals surface area contributed by atoms with Gasteiger partial charge >= 0.3 is 6.03 Å². The maximum Gasteiger partial charge on any atom is 0.319 e. The summed E-state index contributed by atoms with van der Waals surface area (Å²) < 4.78 is 15.8. The van der Waals surface area contributed by atoms with E-state index < -0.39 is 0 Å². The Hall–Kier alpha value is -2.67. The van der Waals surface area contributed by atoms with Crippen LogP contribution in [-0.2, 0) is 0 Å². The monoisotopic (exact) mass is 333 g/mol. The van der Waals surface area contributed by atoms with E-state index in [1.165, 1.54) is 7.11 Å². The molecule has 130 valence electrons. The number of anilines is 1. The average molecular weight is 333 g/mol. The average Bonchev–Trinajstić information content (AvgIpc) is 3.09. The van der Waals surface area contributed by atoms with Crippen molar-refractivity contribution in [3.05, 3.63) is 42.4 Å². The minimum absolute atomic E-state index is 0.0523. The summed E-state index contributed by atoms with van der Waals surface area (Å²) in [6.07, 6.45) is 1.62. The van der Waals surface area contributed by atoms with Gasteiger partial charge in [-0.2, -0.15) is 0 Å². The maximum absolute atomic E-state index is 12.2. The van der Waals surface area contributed by atoms with Gasteiger partial charge in [0.15, 0.2) is 0 Å². The lowest BCUT2D eigenvalue weighted by Gasteiger charge is -2.22. The van der Waals surface area contributed by atoms with Crippen LogP contribution in [-0.4, -0.2) is 45.8 Å². The van der Waals surface area contributed by atoms with Gasteiger partial charge in [0.05, 0.1) is 32.2 Å². The zero-order valence-electron chi connectivity index (χ0n) is 14.3. The summed E-state index contributed by atoms with van der Waals surface area (Å²) in [4.78, 5) is 14.2. The Bertz CT molecular complexity index is 656. The van der Waals surface area contributed by atoms with Gasteiger partial charge in [-0.05, 0) is 38.4 Å². The number of carbonyl (C=O) groups excluding carboxylic acids is 1. The van der Waals surface area contributed by atoms with Crippen LogP contribution >= 0.6 is 0 Å². The van der Waals surface area contributed by atoms with Gasteiger partial charge in [0.1, 0.15) is 17.3 Å². The number of nitrogens with zero attached hydrogens (tertiary/aromatic N) is 1. The van der Waals surface area contributed by atoms with Gasteiger partial charge in [-0.1, -0.05) is 0 Å². The lowest BCUT2D eigenvalue weighted by Crippen LogP contribution is -2.36. The van der Waals surface area contributed by atoms with Gasteiger partial charge in [-0.25, -0.2) is 4.79 Å². The van der Waals surface area contributed by atoms with Crippen LogP contribution in [0.4, 0.5) is 10.5 Å². The Kier molecular flexibility index (Phi) is 6.08. The first-order valence-corrected chi connectivity index (χ1v) is 7.52. The van der Waals surface area contributed by atoms with Gasteiger partial charge in [-0.15, -0.1) is 0 Å². The van der Waals surface area contributed by atoms with Crippen molar-refractivity contribution >= 4 is 11.7 Å². The highest BCUT2D eigenvalue weighted by atomic mass is 16.5. The van der Waals surface area contributed by atoms with Gasteiger partial charge in [0.25, 0.3) is 0 Å². The van der Waals surface area contributed by atoms with Gasteiger partial charge in [0, 0.05) is 12.6 Å². The van der Waals surface area contributed by atoms with Crippen molar-refractivity contribution in [3.63, 3.8) is 0 Å². The minimum atomic E-state index is -0.322. The number of hydrogen-bond donors (Lipinski definition) is 2. The van der Waals surface area contributed by atoms with Crippen LogP contribution in [0.25, 0.3) is 0 Å². The first-order valence-electron chi connectivity index (χ1n) is 7.52. The smallest absolute Gasteiger partial charge is 0.319 e. The zero-order valence-corrected chi connectivity index (χ0v) is 14.3. The predicted molar refractivity (Wildman–Crippen MR) is 91.7 cm³/mol. The molecule has 0 aliphatic heterocycles. The van der Waals surface area contributed by atoms with E-state index in [0.29, 0.717) is 23.7 Å². The summed E-state index contributed by atoms with van der Waals surface area (Å²) in [5.41, 5.74) is 0.565. The molecular formula is C17H23N3O4. The molecule has 0 radical (unpaired) electrons. The molecule has 1 aromatic heterocycles. The summed E-state index contributed by atoms with van der Waals surface area (Å²) in [6, 6.07) is 8.53. The highest BCUT2D eigenvalue weighted by molar-refractivity contribution is 5.91. The molecule has 2 aromatic rings. The first kappa shape index (κ1) is 17.7. The SMILES string of the molecule is COc1ccc(NC(=O)NCC(c2ccco2)N(C)C)c(OC)c1. The summed E-state index contributed by atoms with van der Waals surface area (Å²) in [5, 5.41) is 5.61. The molecule has 24 heavy (non-hydrogen) atoms. The molecule has 0 saturated heterocycles. The number of rotatable bonds is 7. The van der Waals surface area contributed by atoms with E-state index in [1.54, 1.807) is 31.6 Å². The molecule has 1 aromatic carbocycles. The fraction of sp³-hybridized carbons (Fsp3) is 0.353. The van der Waals surface area contributed by atoms with Crippen LogP contribution in [0.2, 0.25) is 0 Å². The third kappa shape index (κ3) is 4.42. The van der Waals surface area contributed by atoms with Crippen molar-refractivity contribution < 1.29 is 18.7 Å². The van der Waals surface area contributed by atoms with E-state index in [1.807, 2.05) is 31.1 Å². The Morgan fingerprint density at radius 1 is 1.25 bits per heavy atom. The summed E-state index contributed by atoms with van der Waals surface area (Å²) >= 11 is 0. The molecule has 1 atom stereocenters. The Labute approximate surface area is 141 Å². The van der Waals surface area contributed by atoms with E-state index >= 15 is 0 Å². The lowest BCUT2D eigenvalue weighted by atomic mass is 10.2. The molecule has 0 fully saturated rings. The van der Waals surface area contributed by atoms with E-state index in [-0.39, 0.29) is 12.1 Å². The molecule has 7 heteroatoms. The van der Waals surface area contributed by atoms with E-state index in [0.717, 1.165) is 5.76 Å².